The summed E-state index contributed by atoms with van der Waals surface area (Å²) < 4.78 is 38.4. The summed E-state index contributed by atoms with van der Waals surface area (Å²) in [5.74, 6) is 1.38. The summed E-state index contributed by atoms with van der Waals surface area (Å²) in [7, 11) is -3.69. The van der Waals surface area contributed by atoms with Crippen LogP contribution in [0, 0.1) is 0 Å². The molecule has 4 aromatic carbocycles. The Balaban J connectivity index is 1.34. The number of hydrogen-bond donors (Lipinski definition) is 2. The van der Waals surface area contributed by atoms with Gasteiger partial charge in [0, 0.05) is 42.0 Å². The standard InChI is InChI=1S/C41H54N2O6S/c1-9-42(34-14-22-39(23-15-34)50(46,47)40-24-16-35(17-25-40)43(29(2)3)30(4)5)26-36(45)28-49-38-20-12-33(13-21-38)41(7,8)32-10-18-37(19-11-32)48-27-31(6)44/h10-25,29-31,36,44-45H,9,26-28H2,1-8H3. The number of benzene rings is 4. The third-order valence-corrected chi connectivity index (χ3v) is 10.8. The fourth-order valence-electron chi connectivity index (χ4n) is 6.20. The summed E-state index contributed by atoms with van der Waals surface area (Å²) in [6, 6.07) is 30.3. The molecular formula is C41H54N2O6S. The van der Waals surface area contributed by atoms with Crippen LogP contribution in [0.5, 0.6) is 11.5 Å². The van der Waals surface area contributed by atoms with Gasteiger partial charge in [0.05, 0.1) is 15.9 Å². The first-order chi connectivity index (χ1) is 23.6. The maximum atomic E-state index is 13.4. The molecule has 4 rings (SSSR count). The molecular weight excluding hydrogens is 649 g/mol. The number of aliphatic hydroxyl groups excluding tert-OH is 2. The van der Waals surface area contributed by atoms with Crippen LogP contribution in [-0.2, 0) is 15.3 Å². The van der Waals surface area contributed by atoms with Gasteiger partial charge >= 0.3 is 0 Å². The minimum Gasteiger partial charge on any atom is -0.491 e. The van der Waals surface area contributed by atoms with E-state index in [-0.39, 0.29) is 28.4 Å². The van der Waals surface area contributed by atoms with Gasteiger partial charge in [0.15, 0.2) is 0 Å². The van der Waals surface area contributed by atoms with Crippen LogP contribution in [0.3, 0.4) is 0 Å². The number of sulfone groups is 1. The van der Waals surface area contributed by atoms with Crippen molar-refractivity contribution in [3.05, 3.63) is 108 Å². The van der Waals surface area contributed by atoms with E-state index in [1.807, 2.05) is 72.5 Å². The highest BCUT2D eigenvalue weighted by Crippen LogP contribution is 2.34. The van der Waals surface area contributed by atoms with Crippen LogP contribution in [0.4, 0.5) is 11.4 Å². The maximum absolute atomic E-state index is 13.4. The first-order valence-electron chi connectivity index (χ1n) is 17.4. The van der Waals surface area contributed by atoms with Crippen LogP contribution in [0.2, 0.25) is 0 Å². The highest BCUT2D eigenvalue weighted by molar-refractivity contribution is 7.91. The molecule has 4 aromatic rings. The smallest absolute Gasteiger partial charge is 0.206 e. The van der Waals surface area contributed by atoms with Gasteiger partial charge in [0.25, 0.3) is 0 Å². The van der Waals surface area contributed by atoms with Gasteiger partial charge < -0.3 is 29.5 Å². The summed E-state index contributed by atoms with van der Waals surface area (Å²) in [6.45, 7) is 17.8. The molecule has 2 unspecified atom stereocenters. The van der Waals surface area contributed by atoms with Crippen LogP contribution in [0.25, 0.3) is 0 Å². The minimum atomic E-state index is -3.69. The van der Waals surface area contributed by atoms with E-state index in [4.69, 9.17) is 9.47 Å². The molecule has 0 aromatic heterocycles. The summed E-state index contributed by atoms with van der Waals surface area (Å²) >= 11 is 0. The average molecular weight is 703 g/mol. The molecule has 0 radical (unpaired) electrons. The van der Waals surface area contributed by atoms with Gasteiger partial charge in [-0.05, 0) is 125 Å². The number of hydrogen-bond acceptors (Lipinski definition) is 8. The van der Waals surface area contributed by atoms with Gasteiger partial charge in [-0.2, -0.15) is 0 Å². The molecule has 0 spiro atoms. The summed E-state index contributed by atoms with van der Waals surface area (Å²) in [6.07, 6.45) is -1.29. The topological polar surface area (TPSA) is 99.5 Å². The lowest BCUT2D eigenvalue weighted by atomic mass is 9.78. The molecule has 0 aliphatic rings. The van der Waals surface area contributed by atoms with Gasteiger partial charge in [0.2, 0.25) is 9.84 Å². The van der Waals surface area contributed by atoms with Crippen molar-refractivity contribution in [1.29, 1.82) is 0 Å². The summed E-state index contributed by atoms with van der Waals surface area (Å²) in [4.78, 5) is 4.73. The molecule has 0 saturated carbocycles. The summed E-state index contributed by atoms with van der Waals surface area (Å²) in [5, 5.41) is 20.3. The number of nitrogens with zero attached hydrogens (tertiary/aromatic N) is 2. The van der Waals surface area contributed by atoms with Gasteiger partial charge in [0.1, 0.15) is 30.8 Å². The lowest BCUT2D eigenvalue weighted by Gasteiger charge is -2.33. The second kappa shape index (κ2) is 16.8. The van der Waals surface area contributed by atoms with Crippen molar-refractivity contribution in [1.82, 2.24) is 0 Å². The number of ether oxygens (including phenoxy) is 2. The number of likely N-dealkylation sites (N-methyl/N-ethyl adjacent to an activating group) is 1. The quantitative estimate of drug-likeness (QED) is 0.117. The van der Waals surface area contributed by atoms with Gasteiger partial charge in [-0.15, -0.1) is 0 Å². The first-order valence-corrected chi connectivity index (χ1v) is 18.9. The normalized spacial score (nSPS) is 13.3. The van der Waals surface area contributed by atoms with Crippen LogP contribution < -0.4 is 19.3 Å². The zero-order valence-corrected chi connectivity index (χ0v) is 31.5. The van der Waals surface area contributed by atoms with Crippen molar-refractivity contribution >= 4 is 21.2 Å². The predicted octanol–water partition coefficient (Wildman–Crippen LogP) is 7.49. The number of anilines is 2. The molecule has 9 heteroatoms. The Morgan fingerprint density at radius 3 is 1.46 bits per heavy atom. The molecule has 0 aliphatic heterocycles. The molecule has 0 bridgehead atoms. The molecule has 0 aliphatic carbocycles. The lowest BCUT2D eigenvalue weighted by molar-refractivity contribution is 0.112. The van der Waals surface area contributed by atoms with Gasteiger partial charge in [-0.1, -0.05) is 38.1 Å². The number of rotatable bonds is 17. The monoisotopic (exact) mass is 702 g/mol. The van der Waals surface area contributed by atoms with Crippen LogP contribution in [-0.4, -0.2) is 69.2 Å². The van der Waals surface area contributed by atoms with Crippen molar-refractivity contribution in [2.24, 2.45) is 0 Å². The lowest BCUT2D eigenvalue weighted by Crippen LogP contribution is -2.36. The van der Waals surface area contributed by atoms with E-state index in [1.54, 1.807) is 43.3 Å². The molecule has 50 heavy (non-hydrogen) atoms. The Labute approximate surface area is 299 Å². The molecule has 0 heterocycles. The van der Waals surface area contributed by atoms with E-state index in [2.05, 4.69) is 46.4 Å². The Bertz CT molecular complexity index is 1730. The zero-order valence-electron chi connectivity index (χ0n) is 30.7. The predicted molar refractivity (Wildman–Crippen MR) is 203 cm³/mol. The van der Waals surface area contributed by atoms with Gasteiger partial charge in [-0.3, -0.25) is 0 Å². The van der Waals surface area contributed by atoms with E-state index in [0.29, 0.717) is 30.9 Å². The fourth-order valence-corrected chi connectivity index (χ4v) is 7.46. The van der Waals surface area contributed by atoms with Crippen molar-refractivity contribution in [3.8, 4) is 11.5 Å². The molecule has 270 valence electrons. The molecule has 8 nitrogen and oxygen atoms in total. The fraction of sp³-hybridized carbons (Fsp3) is 0.415. The second-order valence-electron chi connectivity index (χ2n) is 13.9. The maximum Gasteiger partial charge on any atom is 0.206 e. The third kappa shape index (κ3) is 9.59. The largest absolute Gasteiger partial charge is 0.491 e. The van der Waals surface area contributed by atoms with Crippen molar-refractivity contribution in [3.63, 3.8) is 0 Å². The average Bonchev–Trinajstić information content (AvgIpc) is 3.09. The van der Waals surface area contributed by atoms with E-state index in [0.717, 1.165) is 28.3 Å². The van der Waals surface area contributed by atoms with E-state index < -0.39 is 22.0 Å². The molecule has 2 N–H and O–H groups in total. The SMILES string of the molecule is CCN(CC(O)COc1ccc(C(C)(C)c2ccc(OCC(C)O)cc2)cc1)c1ccc(S(=O)(=O)c2ccc(N(C(C)C)C(C)C)cc2)cc1. The molecule has 0 saturated heterocycles. The van der Waals surface area contributed by atoms with Gasteiger partial charge in [-0.25, -0.2) is 8.42 Å². The minimum absolute atomic E-state index is 0.112. The van der Waals surface area contributed by atoms with Crippen molar-refractivity contribution in [2.75, 3.05) is 36.1 Å². The van der Waals surface area contributed by atoms with Crippen molar-refractivity contribution < 1.29 is 28.1 Å². The Kier molecular flexibility index (Phi) is 13.0. The first kappa shape index (κ1) is 38.7. The highest BCUT2D eigenvalue weighted by atomic mass is 32.2. The third-order valence-electron chi connectivity index (χ3n) is 8.97. The Morgan fingerprint density at radius 2 is 1.06 bits per heavy atom. The Hall–Kier alpha value is -4.05. The molecule has 2 atom stereocenters. The van der Waals surface area contributed by atoms with Crippen LogP contribution in [0.15, 0.2) is 107 Å². The Morgan fingerprint density at radius 1 is 0.640 bits per heavy atom. The van der Waals surface area contributed by atoms with Crippen LogP contribution in [0.1, 0.15) is 66.5 Å². The zero-order chi connectivity index (χ0) is 36.6. The molecule has 0 amide bonds. The van der Waals surface area contributed by atoms with E-state index in [9.17, 15) is 18.6 Å². The van der Waals surface area contributed by atoms with E-state index >= 15 is 0 Å². The highest BCUT2D eigenvalue weighted by Gasteiger charge is 2.24. The van der Waals surface area contributed by atoms with Crippen LogP contribution >= 0.6 is 0 Å². The molecule has 0 fully saturated rings. The second-order valence-corrected chi connectivity index (χ2v) is 15.9. The van der Waals surface area contributed by atoms with Crippen molar-refractivity contribution in [2.45, 2.75) is 94.9 Å². The van der Waals surface area contributed by atoms with E-state index in [1.165, 1.54) is 0 Å². The summed E-state index contributed by atoms with van der Waals surface area (Å²) in [5.41, 5.74) is 3.80. The number of aliphatic hydroxyl groups is 2.